The summed E-state index contributed by atoms with van der Waals surface area (Å²) >= 11 is 0. The van der Waals surface area contributed by atoms with Gasteiger partial charge in [-0.25, -0.2) is 14.2 Å². The number of hydrogen-bond acceptors (Lipinski definition) is 9. The first kappa shape index (κ1) is 37.8. The highest BCUT2D eigenvalue weighted by Crippen LogP contribution is 2.42. The zero-order valence-electron chi connectivity index (χ0n) is 29.3. The number of benzene rings is 2. The average molecular weight is 716 g/mol. The molecule has 0 saturated heterocycles. The first-order valence-electron chi connectivity index (χ1n) is 17.2. The summed E-state index contributed by atoms with van der Waals surface area (Å²) in [6, 6.07) is 12.7. The first-order valence-corrected chi connectivity index (χ1v) is 17.2. The molecule has 0 saturated carbocycles. The molecule has 3 amide bonds. The number of nitrogens with one attached hydrogen (secondary N) is 2. The Kier molecular flexibility index (Phi) is 12.1. The zero-order valence-corrected chi connectivity index (χ0v) is 29.3. The van der Waals surface area contributed by atoms with Crippen LogP contribution in [0.15, 0.2) is 47.3 Å². The molecule has 0 spiro atoms. The van der Waals surface area contributed by atoms with Crippen LogP contribution in [0.3, 0.4) is 0 Å². The van der Waals surface area contributed by atoms with Crippen molar-refractivity contribution in [2.24, 2.45) is 5.73 Å². The van der Waals surface area contributed by atoms with Gasteiger partial charge in [-0.1, -0.05) is 44.2 Å². The van der Waals surface area contributed by atoms with Crippen LogP contribution < -0.4 is 21.9 Å². The van der Waals surface area contributed by atoms with Crippen molar-refractivity contribution in [3.63, 3.8) is 0 Å². The summed E-state index contributed by atoms with van der Waals surface area (Å²) in [5.74, 6) is -2.24. The van der Waals surface area contributed by atoms with Crippen molar-refractivity contribution in [1.82, 2.24) is 20.2 Å². The predicted octanol–water partition coefficient (Wildman–Crippen LogP) is 2.79. The van der Waals surface area contributed by atoms with Crippen molar-refractivity contribution in [2.45, 2.75) is 72.1 Å². The van der Waals surface area contributed by atoms with E-state index < -0.39 is 23.9 Å². The van der Waals surface area contributed by atoms with Gasteiger partial charge in [-0.3, -0.25) is 19.2 Å². The minimum Gasteiger partial charge on any atom is -0.458 e. The number of nitrogens with zero attached hydrogens (tertiary/aromatic N) is 2. The number of aromatic nitrogens is 2. The van der Waals surface area contributed by atoms with Crippen LogP contribution in [0.1, 0.15) is 71.7 Å². The number of pyridine rings is 2. The van der Waals surface area contributed by atoms with E-state index in [1.54, 1.807) is 17.6 Å². The van der Waals surface area contributed by atoms with E-state index in [4.69, 9.17) is 20.2 Å². The molecule has 7 rings (SSSR count). The summed E-state index contributed by atoms with van der Waals surface area (Å²) in [5, 5.41) is 16.1. The third-order valence-corrected chi connectivity index (χ3v) is 9.09. The van der Waals surface area contributed by atoms with Crippen LogP contribution in [0.5, 0.6) is 0 Å². The molecule has 3 aliphatic rings. The second kappa shape index (κ2) is 16.7. The van der Waals surface area contributed by atoms with E-state index in [1.807, 2.05) is 44.2 Å². The second-order valence-corrected chi connectivity index (χ2v) is 12.3. The van der Waals surface area contributed by atoms with Gasteiger partial charge in [0.2, 0.25) is 17.7 Å². The van der Waals surface area contributed by atoms with Crippen LogP contribution in [0.4, 0.5) is 4.39 Å². The Balaban J connectivity index is 0.000000203. The zero-order chi connectivity index (χ0) is 37.5. The number of cyclic esters (lactones) is 1. The monoisotopic (exact) mass is 715 g/mol. The van der Waals surface area contributed by atoms with E-state index in [2.05, 4.69) is 10.6 Å². The molecule has 14 heteroatoms. The molecule has 13 nitrogen and oxygen atoms in total. The molecule has 5 N–H and O–H groups in total. The van der Waals surface area contributed by atoms with Gasteiger partial charge in [0.1, 0.15) is 25.8 Å². The number of primary amides is 1. The Hall–Kier alpha value is -5.47. The lowest BCUT2D eigenvalue weighted by molar-refractivity contribution is -0.157. The number of aliphatic hydroxyl groups excluding tert-OH is 1. The van der Waals surface area contributed by atoms with Crippen LogP contribution in [-0.2, 0) is 61.1 Å². The lowest BCUT2D eigenvalue weighted by Crippen LogP contribution is -2.38. The number of esters is 1. The van der Waals surface area contributed by atoms with Crippen LogP contribution >= 0.6 is 0 Å². The van der Waals surface area contributed by atoms with Gasteiger partial charge in [0, 0.05) is 29.0 Å². The van der Waals surface area contributed by atoms with Gasteiger partial charge in [-0.2, -0.15) is 0 Å². The highest BCUT2D eigenvalue weighted by molar-refractivity contribution is 5.92. The van der Waals surface area contributed by atoms with Crippen molar-refractivity contribution in [2.75, 3.05) is 19.9 Å². The van der Waals surface area contributed by atoms with Crippen LogP contribution in [0.25, 0.3) is 22.3 Å². The van der Waals surface area contributed by atoms with Gasteiger partial charge in [0.05, 0.1) is 35.6 Å². The maximum Gasteiger partial charge on any atom is 0.340 e. The molecule has 274 valence electrons. The maximum absolute atomic E-state index is 14.5. The SMILES string of the molecule is CC.Cc1c(F)cc2nc3c(c4c2c1CCC4)Cn1c-3cc2c(c1=O)COC(=O)C2O.NC(=O)COCNC(=O)CNC(=O)CCc1ccccc1. The van der Waals surface area contributed by atoms with Gasteiger partial charge in [0.15, 0.2) is 6.10 Å². The number of carbonyl (C=O) groups excluding carboxylic acids is 4. The molecular formula is C38H42FN5O8. The molecule has 1 aliphatic carbocycles. The molecule has 2 aromatic heterocycles. The van der Waals surface area contributed by atoms with Crippen molar-refractivity contribution in [3.8, 4) is 11.4 Å². The lowest BCUT2D eigenvalue weighted by Gasteiger charge is -2.22. The Morgan fingerprint density at radius 2 is 1.77 bits per heavy atom. The number of amides is 3. The summed E-state index contributed by atoms with van der Waals surface area (Å²) < 4.78 is 25.8. The number of fused-ring (bicyclic) bond motifs is 5. The summed E-state index contributed by atoms with van der Waals surface area (Å²) in [6.07, 6.45) is 2.05. The van der Waals surface area contributed by atoms with Crippen molar-refractivity contribution in [1.29, 1.82) is 0 Å². The summed E-state index contributed by atoms with van der Waals surface area (Å²) in [5.41, 5.74) is 11.8. The van der Waals surface area contributed by atoms with Crippen molar-refractivity contribution in [3.05, 3.63) is 97.6 Å². The number of halogens is 1. The van der Waals surface area contributed by atoms with E-state index in [0.717, 1.165) is 46.9 Å². The number of aliphatic hydroxyl groups is 1. The minimum atomic E-state index is -1.48. The number of hydrogen-bond donors (Lipinski definition) is 4. The molecule has 2 aromatic carbocycles. The van der Waals surface area contributed by atoms with E-state index in [1.165, 1.54) is 6.07 Å². The number of ether oxygens (including phenoxy) is 2. The minimum absolute atomic E-state index is 0.123. The third kappa shape index (κ3) is 8.03. The molecule has 0 fully saturated rings. The predicted molar refractivity (Wildman–Crippen MR) is 189 cm³/mol. The average Bonchev–Trinajstić information content (AvgIpc) is 3.52. The fraction of sp³-hybridized carbons (Fsp3) is 0.368. The number of nitrogens with two attached hydrogens (primary N) is 1. The van der Waals surface area contributed by atoms with Crippen LogP contribution in [-0.4, -0.2) is 58.2 Å². The third-order valence-electron chi connectivity index (χ3n) is 9.09. The summed E-state index contributed by atoms with van der Waals surface area (Å²) in [7, 11) is 0. The van der Waals surface area contributed by atoms with Gasteiger partial charge in [-0.15, -0.1) is 0 Å². The molecule has 1 atom stereocenters. The summed E-state index contributed by atoms with van der Waals surface area (Å²) in [4.78, 5) is 62.9. The normalized spacial score (nSPS) is 14.7. The maximum atomic E-state index is 14.5. The Labute approximate surface area is 299 Å². The standard InChI is InChI=1S/C22H17FN2O4.C14H19N3O4.C2H6/c1-9-10-3-2-4-11-13-7-25-17(19(13)24-16(18(10)11)6-15(9)23)5-12-14(21(25)27)8-29-22(28)20(12)26;15-12(18)9-21-10-17-14(20)8-16-13(19)7-6-11-4-2-1-3-5-11;1-2/h5-6,20,26H,2-4,7-8H2,1H3;1-5H,6-10H2,(H2,15,18)(H,16,19)(H,17,20);1-2H3. The van der Waals surface area contributed by atoms with Crippen molar-refractivity contribution < 1.29 is 38.1 Å². The van der Waals surface area contributed by atoms with E-state index in [9.17, 15) is 33.5 Å². The molecule has 52 heavy (non-hydrogen) atoms. The lowest BCUT2D eigenvalue weighted by atomic mass is 9.85. The van der Waals surface area contributed by atoms with Gasteiger partial charge in [0.25, 0.3) is 5.56 Å². The van der Waals surface area contributed by atoms with Crippen LogP contribution in [0.2, 0.25) is 0 Å². The Bertz CT molecular complexity index is 2080. The molecular weight excluding hydrogens is 673 g/mol. The number of rotatable bonds is 9. The van der Waals surface area contributed by atoms with E-state index in [0.29, 0.717) is 47.4 Å². The van der Waals surface area contributed by atoms with Gasteiger partial charge >= 0.3 is 5.97 Å². The molecule has 4 aromatic rings. The largest absolute Gasteiger partial charge is 0.458 e. The fourth-order valence-corrected chi connectivity index (χ4v) is 6.58. The molecule has 2 aliphatic heterocycles. The highest BCUT2D eigenvalue weighted by Gasteiger charge is 2.35. The second-order valence-electron chi connectivity index (χ2n) is 12.3. The van der Waals surface area contributed by atoms with Crippen molar-refractivity contribution >= 4 is 34.6 Å². The smallest absolute Gasteiger partial charge is 0.340 e. The highest BCUT2D eigenvalue weighted by atomic mass is 19.1. The molecule has 4 heterocycles. The quantitative estimate of drug-likeness (QED) is 0.101. The first-order chi connectivity index (χ1) is 25.0. The fourth-order valence-electron chi connectivity index (χ4n) is 6.58. The van der Waals surface area contributed by atoms with Gasteiger partial charge in [-0.05, 0) is 60.9 Å². The van der Waals surface area contributed by atoms with E-state index in [-0.39, 0.29) is 49.3 Å². The number of carbonyl (C=O) groups is 4. The molecule has 0 bridgehead atoms. The van der Waals surface area contributed by atoms with Crippen LogP contribution in [0, 0.1) is 12.7 Å². The van der Waals surface area contributed by atoms with E-state index >= 15 is 0 Å². The molecule has 1 unspecified atom stereocenters. The van der Waals surface area contributed by atoms with Gasteiger partial charge < -0.3 is 35.5 Å². The Morgan fingerprint density at radius 1 is 1.04 bits per heavy atom. The summed E-state index contributed by atoms with van der Waals surface area (Å²) in [6.45, 7) is 5.53. The molecule has 0 radical (unpaired) electrons. The number of aryl methyl sites for hydroxylation is 3. The topological polar surface area (TPSA) is 192 Å². The Morgan fingerprint density at radius 3 is 2.50 bits per heavy atom.